The Morgan fingerprint density at radius 2 is 1.76 bits per heavy atom. The topological polar surface area (TPSA) is 64.2 Å². The lowest BCUT2D eigenvalue weighted by molar-refractivity contribution is -0.138. The molecule has 0 spiro atoms. The molecule has 0 radical (unpaired) electrons. The summed E-state index contributed by atoms with van der Waals surface area (Å²) in [5.74, 6) is -1.06. The zero-order chi connectivity index (χ0) is 28.6. The van der Waals surface area contributed by atoms with E-state index in [-0.39, 0.29) is 23.4 Å². The maximum atomic E-state index is 13.8. The molecule has 0 aliphatic carbocycles. The second kappa shape index (κ2) is 11.0. The van der Waals surface area contributed by atoms with Crippen LogP contribution >= 0.6 is 11.6 Å². The smallest absolute Gasteiger partial charge is 0.327 e. The molecule has 1 amide bonds. The van der Waals surface area contributed by atoms with Crippen molar-refractivity contribution in [1.82, 2.24) is 14.5 Å². The number of amides is 1. The summed E-state index contributed by atoms with van der Waals surface area (Å²) in [5.41, 5.74) is 6.83. The van der Waals surface area contributed by atoms with Crippen molar-refractivity contribution < 1.29 is 26.7 Å². The van der Waals surface area contributed by atoms with Crippen LogP contribution in [0.1, 0.15) is 56.3 Å². The van der Waals surface area contributed by atoms with Gasteiger partial charge in [-0.1, -0.05) is 25.4 Å². The lowest BCUT2D eigenvalue weighted by Gasteiger charge is -2.42. The molecule has 0 atom stereocenters. The molecular formula is C27H30ClF5N4O. The molecule has 206 valence electrons. The minimum Gasteiger partial charge on any atom is -0.327 e. The van der Waals surface area contributed by atoms with Gasteiger partial charge in [0, 0.05) is 29.4 Å². The molecule has 4 rings (SSSR count). The van der Waals surface area contributed by atoms with E-state index >= 15 is 0 Å². The highest BCUT2D eigenvalue weighted by Gasteiger charge is 2.41. The van der Waals surface area contributed by atoms with Gasteiger partial charge < -0.3 is 15.2 Å². The van der Waals surface area contributed by atoms with E-state index in [0.29, 0.717) is 29.9 Å². The summed E-state index contributed by atoms with van der Waals surface area (Å²) >= 11 is 5.46. The Hall–Kier alpha value is -2.98. The van der Waals surface area contributed by atoms with Gasteiger partial charge in [-0.15, -0.1) is 0 Å². The Kier molecular flexibility index (Phi) is 8.58. The first-order chi connectivity index (χ1) is 17.6. The van der Waals surface area contributed by atoms with Crippen molar-refractivity contribution in [2.45, 2.75) is 58.8 Å². The summed E-state index contributed by atoms with van der Waals surface area (Å²) in [5, 5.41) is 0.113. The first kappa shape index (κ1) is 29.6. The molecule has 2 heterocycles. The Balaban J connectivity index is 0.000000279. The van der Waals surface area contributed by atoms with E-state index in [4.69, 9.17) is 22.3 Å². The van der Waals surface area contributed by atoms with Crippen LogP contribution in [0, 0.1) is 18.6 Å². The third kappa shape index (κ3) is 6.02. The van der Waals surface area contributed by atoms with Gasteiger partial charge in [-0.2, -0.15) is 13.2 Å². The van der Waals surface area contributed by atoms with Crippen LogP contribution in [0.3, 0.4) is 0 Å². The largest absolute Gasteiger partial charge is 0.416 e. The maximum Gasteiger partial charge on any atom is 0.416 e. The number of hydrogen-bond donors (Lipinski definition) is 1. The van der Waals surface area contributed by atoms with Gasteiger partial charge in [0.15, 0.2) is 11.6 Å². The van der Waals surface area contributed by atoms with Crippen LogP contribution in [0.4, 0.5) is 22.0 Å². The third-order valence-corrected chi connectivity index (χ3v) is 6.58. The molecule has 3 aromatic rings. The fourth-order valence-electron chi connectivity index (χ4n) is 4.65. The number of aromatic nitrogens is 2. The van der Waals surface area contributed by atoms with Crippen molar-refractivity contribution in [2.24, 2.45) is 5.73 Å². The molecule has 38 heavy (non-hydrogen) atoms. The molecule has 1 aliphatic heterocycles. The quantitative estimate of drug-likeness (QED) is 0.367. The molecule has 0 saturated heterocycles. The van der Waals surface area contributed by atoms with Crippen molar-refractivity contribution in [1.29, 1.82) is 0 Å². The van der Waals surface area contributed by atoms with Crippen LogP contribution in [0.5, 0.6) is 0 Å². The van der Waals surface area contributed by atoms with Crippen molar-refractivity contribution in [3.05, 3.63) is 75.7 Å². The maximum absolute atomic E-state index is 13.8. The molecule has 1 aliphatic rings. The molecule has 5 nitrogen and oxygen atoms in total. The first-order valence-corrected chi connectivity index (χ1v) is 12.4. The molecule has 2 N–H and O–H groups in total. The highest BCUT2D eigenvalue weighted by Crippen LogP contribution is 2.38. The van der Waals surface area contributed by atoms with Crippen LogP contribution in [0.25, 0.3) is 11.3 Å². The van der Waals surface area contributed by atoms with Gasteiger partial charge in [0.25, 0.3) is 0 Å². The SMILES string of the molecule is CC(C)c1c(-c2ccc(F)c(F)c2)nc2n1CCN(C(=O)CN)C2(C)C.Cc1cc(Cl)cc(C(F)(F)F)c1. The summed E-state index contributed by atoms with van der Waals surface area (Å²) in [4.78, 5) is 18.7. The highest BCUT2D eigenvalue weighted by atomic mass is 35.5. The summed E-state index contributed by atoms with van der Waals surface area (Å²) in [6.45, 7) is 10.6. The predicted molar refractivity (Wildman–Crippen MR) is 137 cm³/mol. The molecule has 11 heteroatoms. The lowest BCUT2D eigenvalue weighted by Crippen LogP contribution is -2.53. The number of aryl methyl sites for hydroxylation is 1. The minimum absolute atomic E-state index is 0.0583. The van der Waals surface area contributed by atoms with Crippen molar-refractivity contribution in [3.8, 4) is 11.3 Å². The zero-order valence-corrected chi connectivity index (χ0v) is 22.5. The second-order valence-corrected chi connectivity index (χ2v) is 10.4. The third-order valence-electron chi connectivity index (χ3n) is 6.36. The van der Waals surface area contributed by atoms with Gasteiger partial charge in [-0.05, 0) is 68.7 Å². The van der Waals surface area contributed by atoms with Gasteiger partial charge in [0.2, 0.25) is 5.91 Å². The average Bonchev–Trinajstić information content (AvgIpc) is 3.21. The zero-order valence-electron chi connectivity index (χ0n) is 21.8. The van der Waals surface area contributed by atoms with Gasteiger partial charge in [-0.3, -0.25) is 4.79 Å². The normalized spacial score (nSPS) is 14.7. The lowest BCUT2D eigenvalue weighted by atomic mass is 9.98. The number of carbonyl (C=O) groups excluding carboxylic acids is 1. The number of benzene rings is 2. The second-order valence-electron chi connectivity index (χ2n) is 9.93. The number of halogens is 6. The minimum atomic E-state index is -4.31. The molecule has 0 saturated carbocycles. The van der Waals surface area contributed by atoms with E-state index < -0.39 is 28.9 Å². The Labute approximate surface area is 223 Å². The number of imidazole rings is 1. The fraction of sp³-hybridized carbons (Fsp3) is 0.407. The van der Waals surface area contributed by atoms with Crippen molar-refractivity contribution in [2.75, 3.05) is 13.1 Å². The molecule has 2 aromatic carbocycles. The monoisotopic (exact) mass is 556 g/mol. The predicted octanol–water partition coefficient (Wildman–Crippen LogP) is 6.65. The molecule has 0 fully saturated rings. The first-order valence-electron chi connectivity index (χ1n) is 12.0. The molecular weight excluding hydrogens is 527 g/mol. The van der Waals surface area contributed by atoms with Gasteiger partial charge in [0.05, 0.1) is 23.3 Å². The summed E-state index contributed by atoms with van der Waals surface area (Å²) in [6.07, 6.45) is -4.31. The standard InChI is InChI=1S/C19H24F2N4O.C8H6ClF3/c1-11(2)17-16(12-5-6-13(20)14(21)9-12)23-18-19(3,4)25(15(26)10-22)8-7-24(17)18;1-5-2-6(8(10,11)12)4-7(9)3-5/h5-6,9,11H,7-8,10,22H2,1-4H3;2-4H,1H3. The van der Waals surface area contributed by atoms with E-state index in [0.717, 1.165) is 29.7 Å². The number of alkyl halides is 3. The number of nitrogens with two attached hydrogens (primary N) is 1. The molecule has 1 aromatic heterocycles. The van der Waals surface area contributed by atoms with E-state index in [1.165, 1.54) is 18.2 Å². The van der Waals surface area contributed by atoms with E-state index in [1.54, 1.807) is 11.8 Å². The highest BCUT2D eigenvalue weighted by molar-refractivity contribution is 6.30. The number of hydrogen-bond acceptors (Lipinski definition) is 3. The fourth-order valence-corrected chi connectivity index (χ4v) is 4.94. The average molecular weight is 557 g/mol. The Bertz CT molecular complexity index is 1310. The summed E-state index contributed by atoms with van der Waals surface area (Å²) < 4.78 is 65.5. The van der Waals surface area contributed by atoms with Crippen LogP contribution < -0.4 is 5.73 Å². The number of rotatable bonds is 3. The van der Waals surface area contributed by atoms with Crippen LogP contribution in [-0.2, 0) is 23.1 Å². The van der Waals surface area contributed by atoms with E-state index in [9.17, 15) is 26.7 Å². The summed E-state index contributed by atoms with van der Waals surface area (Å²) in [7, 11) is 0. The van der Waals surface area contributed by atoms with Gasteiger partial charge >= 0.3 is 6.18 Å². The van der Waals surface area contributed by atoms with Gasteiger partial charge in [0.1, 0.15) is 5.82 Å². The van der Waals surface area contributed by atoms with Crippen LogP contribution in [0.2, 0.25) is 5.02 Å². The van der Waals surface area contributed by atoms with Crippen LogP contribution in [0.15, 0.2) is 36.4 Å². The Morgan fingerprint density at radius 1 is 1.11 bits per heavy atom. The van der Waals surface area contributed by atoms with Crippen molar-refractivity contribution >= 4 is 17.5 Å². The van der Waals surface area contributed by atoms with Crippen molar-refractivity contribution in [3.63, 3.8) is 0 Å². The van der Waals surface area contributed by atoms with E-state index in [2.05, 4.69) is 4.57 Å². The number of nitrogens with zero attached hydrogens (tertiary/aromatic N) is 3. The van der Waals surface area contributed by atoms with E-state index in [1.807, 2.05) is 27.7 Å². The summed E-state index contributed by atoms with van der Waals surface area (Å²) in [6, 6.07) is 7.28. The van der Waals surface area contributed by atoms with Crippen LogP contribution in [-0.4, -0.2) is 33.4 Å². The Morgan fingerprint density at radius 3 is 2.29 bits per heavy atom. The van der Waals surface area contributed by atoms with Gasteiger partial charge in [-0.25, -0.2) is 13.8 Å². The number of fused-ring (bicyclic) bond motifs is 1. The number of carbonyl (C=O) groups is 1. The molecule has 0 unspecified atom stereocenters. The molecule has 0 bridgehead atoms.